The highest BCUT2D eigenvalue weighted by molar-refractivity contribution is 6.10. The van der Waals surface area contributed by atoms with Crippen molar-refractivity contribution >= 4 is 29.4 Å². The van der Waals surface area contributed by atoms with Crippen LogP contribution in [0.15, 0.2) is 24.3 Å². The minimum absolute atomic E-state index is 0.0196. The molecule has 1 spiro atoms. The van der Waals surface area contributed by atoms with Crippen LogP contribution < -0.4 is 5.32 Å². The molecular weight excluding hydrogens is 420 g/mol. The minimum atomic E-state index is -0.790. The molecule has 1 heterocycles. The van der Waals surface area contributed by atoms with Crippen LogP contribution in [0.2, 0.25) is 0 Å². The van der Waals surface area contributed by atoms with Crippen LogP contribution in [0.5, 0.6) is 0 Å². The van der Waals surface area contributed by atoms with Gasteiger partial charge in [-0.05, 0) is 49.9 Å². The van der Waals surface area contributed by atoms with Crippen molar-refractivity contribution in [2.24, 2.45) is 0 Å². The van der Waals surface area contributed by atoms with Crippen molar-refractivity contribution in [3.8, 4) is 0 Å². The van der Waals surface area contributed by atoms with E-state index in [1.165, 1.54) is 11.3 Å². The first-order chi connectivity index (χ1) is 15.8. The predicted octanol–water partition coefficient (Wildman–Crippen LogP) is 3.63. The van der Waals surface area contributed by atoms with Gasteiger partial charge in [-0.2, -0.15) is 0 Å². The van der Waals surface area contributed by atoms with Gasteiger partial charge in [-0.25, -0.2) is 4.79 Å². The van der Waals surface area contributed by atoms with Crippen LogP contribution in [0.1, 0.15) is 74.6 Å². The summed E-state index contributed by atoms with van der Waals surface area (Å²) in [5, 5.41) is 2.75. The van der Waals surface area contributed by atoms with Crippen LogP contribution in [0, 0.1) is 0 Å². The number of benzene rings is 1. The molecule has 1 N–H and O–H groups in total. The van der Waals surface area contributed by atoms with Crippen molar-refractivity contribution in [2.45, 2.75) is 75.8 Å². The summed E-state index contributed by atoms with van der Waals surface area (Å²) in [5.41, 5.74) is 0.311. The highest BCUT2D eigenvalue weighted by atomic mass is 16.2. The molecule has 1 aliphatic heterocycles. The summed E-state index contributed by atoms with van der Waals surface area (Å²) in [6.45, 7) is -0.311. The van der Waals surface area contributed by atoms with E-state index in [1.54, 1.807) is 31.3 Å². The van der Waals surface area contributed by atoms with Crippen LogP contribution >= 0.6 is 0 Å². The van der Waals surface area contributed by atoms with Gasteiger partial charge in [-0.3, -0.25) is 19.3 Å². The number of carbonyl (C=O) groups excluding carboxylic acids is 4. The van der Waals surface area contributed by atoms with Crippen LogP contribution in [0.25, 0.3) is 0 Å². The smallest absolute Gasteiger partial charge is 0.327 e. The van der Waals surface area contributed by atoms with E-state index < -0.39 is 17.5 Å². The second-order valence-corrected chi connectivity index (χ2v) is 9.66. The van der Waals surface area contributed by atoms with Gasteiger partial charge in [0.2, 0.25) is 5.91 Å². The third kappa shape index (κ3) is 4.48. The number of hydrogen-bond acceptors (Lipinski definition) is 4. The molecule has 0 radical (unpaired) electrons. The van der Waals surface area contributed by atoms with E-state index in [0.717, 1.165) is 49.8 Å². The summed E-state index contributed by atoms with van der Waals surface area (Å²) >= 11 is 0. The Morgan fingerprint density at radius 2 is 1.61 bits per heavy atom. The van der Waals surface area contributed by atoms with Gasteiger partial charge in [0.05, 0.1) is 0 Å². The lowest BCUT2D eigenvalue weighted by Gasteiger charge is -2.35. The Labute approximate surface area is 195 Å². The lowest BCUT2D eigenvalue weighted by Crippen LogP contribution is -2.49. The average molecular weight is 455 g/mol. The zero-order valence-corrected chi connectivity index (χ0v) is 19.6. The standard InChI is InChI=1S/C25H34N4O4/c1-27(20-9-5-3-6-10-20)22(31)18-11-13-19(14-12-18)26-21(30)17-29-23(32)25(28(2)24(29)33)15-7-4-8-16-25/h11-14,20H,3-10,15-17H2,1-2H3,(H,26,30). The maximum Gasteiger partial charge on any atom is 0.327 e. The maximum atomic E-state index is 13.0. The predicted molar refractivity (Wildman–Crippen MR) is 125 cm³/mol. The number of nitrogens with zero attached hydrogens (tertiary/aromatic N) is 3. The molecule has 33 heavy (non-hydrogen) atoms. The number of hydrogen-bond donors (Lipinski definition) is 1. The van der Waals surface area contributed by atoms with Gasteiger partial charge in [0.25, 0.3) is 11.8 Å². The zero-order valence-electron chi connectivity index (χ0n) is 19.6. The fraction of sp³-hybridized carbons (Fsp3) is 0.600. The van der Waals surface area contributed by atoms with E-state index in [1.807, 2.05) is 11.9 Å². The van der Waals surface area contributed by atoms with Gasteiger partial charge < -0.3 is 15.1 Å². The van der Waals surface area contributed by atoms with E-state index in [0.29, 0.717) is 24.1 Å². The summed E-state index contributed by atoms with van der Waals surface area (Å²) < 4.78 is 0. The highest BCUT2D eigenvalue weighted by Gasteiger charge is 2.55. The second-order valence-electron chi connectivity index (χ2n) is 9.66. The summed E-state index contributed by atoms with van der Waals surface area (Å²) in [6, 6.07) is 6.64. The van der Waals surface area contributed by atoms with Crippen molar-refractivity contribution in [3.63, 3.8) is 0 Å². The maximum absolute atomic E-state index is 13.0. The normalized spacial score (nSPS) is 20.9. The Hall–Kier alpha value is -2.90. The Bertz CT molecular complexity index is 917. The molecule has 2 aliphatic carbocycles. The van der Waals surface area contributed by atoms with Gasteiger partial charge in [0, 0.05) is 31.4 Å². The zero-order chi connectivity index (χ0) is 23.6. The van der Waals surface area contributed by atoms with Crippen LogP contribution in [0.4, 0.5) is 10.5 Å². The van der Waals surface area contributed by atoms with Gasteiger partial charge in [-0.15, -0.1) is 0 Å². The molecule has 1 aromatic rings. The molecule has 5 amide bonds. The largest absolute Gasteiger partial charge is 0.339 e. The quantitative estimate of drug-likeness (QED) is 0.688. The van der Waals surface area contributed by atoms with Gasteiger partial charge >= 0.3 is 6.03 Å². The minimum Gasteiger partial charge on any atom is -0.339 e. The van der Waals surface area contributed by atoms with E-state index >= 15 is 0 Å². The molecular formula is C25H34N4O4. The molecule has 4 rings (SSSR count). The molecule has 2 saturated carbocycles. The Morgan fingerprint density at radius 3 is 2.24 bits per heavy atom. The second kappa shape index (κ2) is 9.53. The molecule has 0 bridgehead atoms. The van der Waals surface area contributed by atoms with Crippen molar-refractivity contribution in [1.29, 1.82) is 0 Å². The molecule has 8 heteroatoms. The van der Waals surface area contributed by atoms with Crippen molar-refractivity contribution in [3.05, 3.63) is 29.8 Å². The number of nitrogens with one attached hydrogen (secondary N) is 1. The van der Waals surface area contributed by atoms with Gasteiger partial charge in [-0.1, -0.05) is 38.5 Å². The lowest BCUT2D eigenvalue weighted by atomic mass is 9.81. The topological polar surface area (TPSA) is 90.0 Å². The SMILES string of the molecule is CN(C(=O)c1ccc(NC(=O)CN2C(=O)N(C)C3(CCCCC3)C2=O)cc1)C1CCCCC1. The van der Waals surface area contributed by atoms with E-state index in [9.17, 15) is 19.2 Å². The molecule has 0 unspecified atom stereocenters. The van der Waals surface area contributed by atoms with Crippen LogP contribution in [-0.4, -0.2) is 70.7 Å². The summed E-state index contributed by atoms with van der Waals surface area (Å²) in [5.74, 6) is -0.721. The van der Waals surface area contributed by atoms with Crippen molar-refractivity contribution < 1.29 is 19.2 Å². The molecule has 1 saturated heterocycles. The molecule has 1 aromatic carbocycles. The van der Waals surface area contributed by atoms with Crippen LogP contribution in [0.3, 0.4) is 0 Å². The van der Waals surface area contributed by atoms with Crippen molar-refractivity contribution in [2.75, 3.05) is 26.0 Å². The molecule has 178 valence electrons. The van der Waals surface area contributed by atoms with E-state index in [-0.39, 0.29) is 24.4 Å². The Kier molecular flexibility index (Phi) is 6.72. The first-order valence-electron chi connectivity index (χ1n) is 12.1. The Morgan fingerprint density at radius 1 is 1.00 bits per heavy atom. The van der Waals surface area contributed by atoms with E-state index in [4.69, 9.17) is 0 Å². The fourth-order valence-electron chi connectivity index (χ4n) is 5.55. The summed E-state index contributed by atoms with van der Waals surface area (Å²) in [7, 11) is 3.51. The average Bonchev–Trinajstić information content (AvgIpc) is 3.01. The number of rotatable bonds is 5. The first kappa shape index (κ1) is 23.3. The molecule has 0 atom stereocenters. The number of anilines is 1. The number of carbonyl (C=O) groups is 4. The number of amides is 5. The Balaban J connectivity index is 1.35. The monoisotopic (exact) mass is 454 g/mol. The molecule has 3 fully saturated rings. The van der Waals surface area contributed by atoms with Gasteiger partial charge in [0.15, 0.2) is 0 Å². The van der Waals surface area contributed by atoms with Crippen LogP contribution in [-0.2, 0) is 9.59 Å². The number of likely N-dealkylation sites (N-methyl/N-ethyl adjacent to an activating group) is 1. The number of imide groups is 1. The highest BCUT2D eigenvalue weighted by Crippen LogP contribution is 2.39. The van der Waals surface area contributed by atoms with Gasteiger partial charge in [0.1, 0.15) is 12.1 Å². The molecule has 8 nitrogen and oxygen atoms in total. The third-order valence-electron chi connectivity index (χ3n) is 7.64. The summed E-state index contributed by atoms with van der Waals surface area (Å²) in [4.78, 5) is 55.6. The molecule has 3 aliphatic rings. The lowest BCUT2D eigenvalue weighted by molar-refractivity contribution is -0.136. The fourth-order valence-corrected chi connectivity index (χ4v) is 5.55. The summed E-state index contributed by atoms with van der Waals surface area (Å²) in [6.07, 6.45) is 9.81. The number of urea groups is 1. The van der Waals surface area contributed by atoms with E-state index in [2.05, 4.69) is 5.32 Å². The molecule has 0 aromatic heterocycles. The third-order valence-corrected chi connectivity index (χ3v) is 7.64. The van der Waals surface area contributed by atoms with Crippen molar-refractivity contribution in [1.82, 2.24) is 14.7 Å². The first-order valence-corrected chi connectivity index (χ1v) is 12.1.